The molecule has 2 heterocycles. The Morgan fingerprint density at radius 3 is 3.19 bits per heavy atom. The van der Waals surface area contributed by atoms with Gasteiger partial charge in [-0.15, -0.1) is 0 Å². The van der Waals surface area contributed by atoms with Crippen molar-refractivity contribution in [3.63, 3.8) is 0 Å². The summed E-state index contributed by atoms with van der Waals surface area (Å²) < 4.78 is 1.78. The lowest BCUT2D eigenvalue weighted by Crippen LogP contribution is -2.35. The molecule has 1 unspecified atom stereocenters. The average Bonchev–Trinajstić information content (AvgIpc) is 2.87. The number of aryl methyl sites for hydroxylation is 1. The van der Waals surface area contributed by atoms with E-state index in [0.717, 1.165) is 31.9 Å². The van der Waals surface area contributed by atoms with Gasteiger partial charge in [-0.05, 0) is 26.8 Å². The number of carbonyl (C=O) groups is 1. The van der Waals surface area contributed by atoms with Gasteiger partial charge in [-0.25, -0.2) is 4.68 Å². The van der Waals surface area contributed by atoms with E-state index in [1.165, 1.54) is 0 Å². The van der Waals surface area contributed by atoms with Crippen LogP contribution in [0.4, 0.5) is 5.82 Å². The molecule has 1 fully saturated rings. The topological polar surface area (TPSA) is 59.0 Å². The standard InChI is InChI=1S/C11H18N4O/c1-3-15-9(4-6-13-15)14-10(16)11(2)5-7-12-8-11/h4,6,12H,3,5,7-8H2,1-2H3,(H,14,16). The van der Waals surface area contributed by atoms with Gasteiger partial charge < -0.3 is 10.6 Å². The summed E-state index contributed by atoms with van der Waals surface area (Å²) in [5.41, 5.74) is -0.289. The number of hydrogen-bond donors (Lipinski definition) is 2. The summed E-state index contributed by atoms with van der Waals surface area (Å²) in [7, 11) is 0. The lowest BCUT2D eigenvalue weighted by Gasteiger charge is -2.21. The fourth-order valence-electron chi connectivity index (χ4n) is 1.97. The molecule has 1 saturated heterocycles. The Hall–Kier alpha value is -1.36. The van der Waals surface area contributed by atoms with Crippen molar-refractivity contribution in [1.82, 2.24) is 15.1 Å². The molecule has 2 N–H and O–H groups in total. The average molecular weight is 222 g/mol. The molecule has 5 heteroatoms. The second-order valence-corrected chi connectivity index (χ2v) is 4.47. The van der Waals surface area contributed by atoms with Crippen molar-refractivity contribution in [1.29, 1.82) is 0 Å². The number of nitrogens with zero attached hydrogens (tertiary/aromatic N) is 2. The zero-order chi connectivity index (χ0) is 11.6. The summed E-state index contributed by atoms with van der Waals surface area (Å²) in [6, 6.07) is 1.83. The van der Waals surface area contributed by atoms with Gasteiger partial charge in [-0.2, -0.15) is 5.10 Å². The molecule has 0 aromatic carbocycles. The molecular weight excluding hydrogens is 204 g/mol. The van der Waals surface area contributed by atoms with Crippen molar-refractivity contribution in [2.75, 3.05) is 18.4 Å². The Morgan fingerprint density at radius 1 is 1.75 bits per heavy atom. The number of carbonyl (C=O) groups excluding carboxylic acids is 1. The van der Waals surface area contributed by atoms with E-state index >= 15 is 0 Å². The highest BCUT2D eigenvalue weighted by Crippen LogP contribution is 2.26. The van der Waals surface area contributed by atoms with Crippen LogP contribution in [0, 0.1) is 5.41 Å². The van der Waals surface area contributed by atoms with Crippen LogP contribution in [0.1, 0.15) is 20.3 Å². The third-order valence-electron chi connectivity index (χ3n) is 3.17. The van der Waals surface area contributed by atoms with Crippen molar-refractivity contribution in [2.24, 2.45) is 5.41 Å². The normalized spacial score (nSPS) is 24.6. The first-order valence-corrected chi connectivity index (χ1v) is 5.70. The molecule has 0 bridgehead atoms. The van der Waals surface area contributed by atoms with Crippen LogP contribution >= 0.6 is 0 Å². The van der Waals surface area contributed by atoms with E-state index in [9.17, 15) is 4.79 Å². The minimum atomic E-state index is -0.289. The van der Waals surface area contributed by atoms with E-state index in [1.54, 1.807) is 10.9 Å². The summed E-state index contributed by atoms with van der Waals surface area (Å²) in [5, 5.41) is 10.3. The summed E-state index contributed by atoms with van der Waals surface area (Å²) in [6.45, 7) is 6.42. The van der Waals surface area contributed by atoms with E-state index in [1.807, 2.05) is 19.9 Å². The molecule has 1 aliphatic heterocycles. The fourth-order valence-corrected chi connectivity index (χ4v) is 1.97. The molecule has 0 aliphatic carbocycles. The van der Waals surface area contributed by atoms with Crippen molar-refractivity contribution in [3.05, 3.63) is 12.3 Å². The first-order valence-electron chi connectivity index (χ1n) is 5.70. The summed E-state index contributed by atoms with van der Waals surface area (Å²) >= 11 is 0. The Kier molecular flexibility index (Phi) is 2.96. The van der Waals surface area contributed by atoms with Gasteiger partial charge >= 0.3 is 0 Å². The molecule has 0 radical (unpaired) electrons. The van der Waals surface area contributed by atoms with Crippen LogP contribution in [-0.4, -0.2) is 28.8 Å². The number of nitrogens with one attached hydrogen (secondary N) is 2. The molecule has 0 spiro atoms. The van der Waals surface area contributed by atoms with Gasteiger partial charge in [0.1, 0.15) is 5.82 Å². The van der Waals surface area contributed by atoms with E-state index in [-0.39, 0.29) is 11.3 Å². The molecular formula is C11H18N4O. The predicted octanol–water partition coefficient (Wildman–Crippen LogP) is 0.841. The third-order valence-corrected chi connectivity index (χ3v) is 3.17. The molecule has 16 heavy (non-hydrogen) atoms. The van der Waals surface area contributed by atoms with E-state index in [4.69, 9.17) is 0 Å². The van der Waals surface area contributed by atoms with Gasteiger partial charge in [0.2, 0.25) is 5.91 Å². The van der Waals surface area contributed by atoms with Crippen molar-refractivity contribution in [3.8, 4) is 0 Å². The van der Waals surface area contributed by atoms with Crippen LogP contribution in [0.5, 0.6) is 0 Å². The van der Waals surface area contributed by atoms with Crippen LogP contribution in [0.15, 0.2) is 12.3 Å². The minimum Gasteiger partial charge on any atom is -0.316 e. The second kappa shape index (κ2) is 4.25. The molecule has 1 aliphatic rings. The lowest BCUT2D eigenvalue weighted by molar-refractivity contribution is -0.123. The van der Waals surface area contributed by atoms with Gasteiger partial charge in [-0.1, -0.05) is 0 Å². The highest BCUT2D eigenvalue weighted by Gasteiger charge is 2.36. The maximum Gasteiger partial charge on any atom is 0.232 e. The van der Waals surface area contributed by atoms with Crippen molar-refractivity contribution >= 4 is 11.7 Å². The maximum absolute atomic E-state index is 12.1. The first kappa shape index (κ1) is 11.1. The third kappa shape index (κ3) is 1.95. The highest BCUT2D eigenvalue weighted by atomic mass is 16.2. The summed E-state index contributed by atoms with van der Waals surface area (Å²) in [6.07, 6.45) is 2.59. The van der Waals surface area contributed by atoms with Crippen LogP contribution in [0.25, 0.3) is 0 Å². The van der Waals surface area contributed by atoms with Gasteiger partial charge in [0.25, 0.3) is 0 Å². The summed E-state index contributed by atoms with van der Waals surface area (Å²) in [5.74, 6) is 0.855. The second-order valence-electron chi connectivity index (χ2n) is 4.47. The minimum absolute atomic E-state index is 0.0766. The quantitative estimate of drug-likeness (QED) is 0.796. The molecule has 2 rings (SSSR count). The van der Waals surface area contributed by atoms with Gasteiger partial charge in [0.15, 0.2) is 0 Å². The number of rotatable bonds is 3. The number of amides is 1. The Bertz CT molecular complexity index is 379. The van der Waals surface area contributed by atoms with Gasteiger partial charge in [-0.3, -0.25) is 4.79 Å². The largest absolute Gasteiger partial charge is 0.316 e. The molecule has 5 nitrogen and oxygen atoms in total. The molecule has 1 aromatic heterocycles. The Morgan fingerprint density at radius 2 is 2.56 bits per heavy atom. The van der Waals surface area contributed by atoms with E-state index in [2.05, 4.69) is 15.7 Å². The molecule has 1 aromatic rings. The fraction of sp³-hybridized carbons (Fsp3) is 0.636. The zero-order valence-electron chi connectivity index (χ0n) is 9.79. The van der Waals surface area contributed by atoms with Crippen molar-refractivity contribution in [2.45, 2.75) is 26.8 Å². The van der Waals surface area contributed by atoms with Gasteiger partial charge in [0.05, 0.1) is 11.6 Å². The lowest BCUT2D eigenvalue weighted by atomic mass is 9.89. The van der Waals surface area contributed by atoms with Crippen LogP contribution in [0.2, 0.25) is 0 Å². The number of anilines is 1. The van der Waals surface area contributed by atoms with Crippen LogP contribution in [-0.2, 0) is 11.3 Å². The Balaban J connectivity index is 2.07. The zero-order valence-corrected chi connectivity index (χ0v) is 9.79. The molecule has 1 atom stereocenters. The predicted molar refractivity (Wildman–Crippen MR) is 62.1 cm³/mol. The maximum atomic E-state index is 12.1. The van der Waals surface area contributed by atoms with Crippen LogP contribution in [0.3, 0.4) is 0 Å². The molecule has 88 valence electrons. The SMILES string of the molecule is CCn1nccc1NC(=O)C1(C)CCNC1. The smallest absolute Gasteiger partial charge is 0.232 e. The summed E-state index contributed by atoms with van der Waals surface area (Å²) in [4.78, 5) is 12.1. The van der Waals surface area contributed by atoms with Crippen LogP contribution < -0.4 is 10.6 Å². The first-order chi connectivity index (χ1) is 7.65. The monoisotopic (exact) mass is 222 g/mol. The number of hydrogen-bond acceptors (Lipinski definition) is 3. The Labute approximate surface area is 95.2 Å². The van der Waals surface area contributed by atoms with E-state index in [0.29, 0.717) is 0 Å². The van der Waals surface area contributed by atoms with E-state index < -0.39 is 0 Å². The molecule has 1 amide bonds. The van der Waals surface area contributed by atoms with Crippen molar-refractivity contribution < 1.29 is 4.79 Å². The number of aromatic nitrogens is 2. The highest BCUT2D eigenvalue weighted by molar-refractivity contribution is 5.94. The van der Waals surface area contributed by atoms with Gasteiger partial charge in [0, 0.05) is 19.2 Å². The molecule has 0 saturated carbocycles.